The van der Waals surface area contributed by atoms with Crippen LogP contribution in [-0.4, -0.2) is 76.3 Å². The second kappa shape index (κ2) is 32.3. The van der Waals surface area contributed by atoms with E-state index in [1.165, 1.54) is 27.8 Å². The Morgan fingerprint density at radius 2 is 0.859 bits per heavy atom. The lowest BCUT2D eigenvalue weighted by Crippen LogP contribution is -2.38. The van der Waals surface area contributed by atoms with Gasteiger partial charge < -0.3 is 19.2 Å². The minimum absolute atomic E-state index is 0.281. The number of hydrogen-bond acceptors (Lipinski definition) is 4. The van der Waals surface area contributed by atoms with Crippen molar-refractivity contribution in [1.82, 2.24) is 0 Å². The smallest absolute Gasteiger partial charge is 0.494 e. The molecule has 0 aromatic heterocycles. The lowest BCUT2D eigenvalue weighted by Gasteiger charge is -2.17. The van der Waals surface area contributed by atoms with Crippen molar-refractivity contribution < 1.29 is 19.2 Å². The van der Waals surface area contributed by atoms with E-state index in [2.05, 4.69) is 159 Å². The molecule has 350 valence electrons. The minimum Gasteiger partial charge on any atom is -0.506 e. The van der Waals surface area contributed by atoms with Crippen molar-refractivity contribution in [2.24, 2.45) is 0 Å². The van der Waals surface area contributed by atoms with Crippen LogP contribution in [0.3, 0.4) is 0 Å². The van der Waals surface area contributed by atoms with E-state index in [-0.39, 0.29) is 12.9 Å². The zero-order valence-corrected chi connectivity index (χ0v) is 45.9. The lowest BCUT2D eigenvalue weighted by molar-refractivity contribution is 0.207. The number of methoxy groups -OCH3 is 1. The van der Waals surface area contributed by atoms with Crippen LogP contribution in [0.2, 0.25) is 0 Å². The van der Waals surface area contributed by atoms with E-state index in [1.807, 2.05) is 111 Å². The molecule has 0 spiro atoms. The molecule has 0 amide bonds. The van der Waals surface area contributed by atoms with E-state index >= 15 is 0 Å². The van der Waals surface area contributed by atoms with Crippen LogP contribution in [0.5, 0.6) is 11.5 Å². The molecule has 8 rings (SSSR count). The molecule has 0 aliphatic rings. The molecule has 4 nitrogen and oxygen atoms in total. The van der Waals surface area contributed by atoms with Gasteiger partial charge in [-0.3, -0.25) is 0 Å². The molecule has 14 heteroatoms. The number of rotatable bonds is 13. The highest BCUT2D eigenvalue weighted by atomic mass is 79.9. The topological polar surface area (TPSA) is 47.9 Å². The van der Waals surface area contributed by atoms with E-state index in [4.69, 9.17) is 45.0 Å². The molecule has 0 aliphatic heterocycles. The van der Waals surface area contributed by atoms with Gasteiger partial charge in [0.05, 0.1) is 16.1 Å². The van der Waals surface area contributed by atoms with E-state index < -0.39 is 12.8 Å². The average Bonchev–Trinajstić information content (AvgIpc) is 3.39. The summed E-state index contributed by atoms with van der Waals surface area (Å²) in [5, 5.41) is 10.4. The maximum absolute atomic E-state index is 10.4. The molecular weight excluding hydrogens is 1060 g/mol. The molecule has 0 fully saturated rings. The summed E-state index contributed by atoms with van der Waals surface area (Å²) < 4.78 is 19.8. The Morgan fingerprint density at radius 3 is 1.34 bits per heavy atom. The number of phenolic OH excluding ortho intramolecular Hbond substituents is 1. The van der Waals surface area contributed by atoms with Crippen molar-refractivity contribution >= 4 is 104 Å². The molecule has 8 aromatic carbocycles. The van der Waals surface area contributed by atoms with Crippen LogP contribution < -0.4 is 10.2 Å². The zero-order chi connectivity index (χ0) is 51.5. The number of ether oxygens (including phenoxy) is 1. The Kier molecular flexibility index (Phi) is 26.7. The summed E-state index contributed by atoms with van der Waals surface area (Å²) >= 11 is 10.3. The van der Waals surface area contributed by atoms with Crippen LogP contribution in [0, 0.1) is 13.8 Å². The molecule has 0 saturated heterocycles. The van der Waals surface area contributed by atoms with Crippen LogP contribution in [0.4, 0.5) is 0 Å². The molecular formula is C57H56B7Br3O4. The Morgan fingerprint density at radius 1 is 0.437 bits per heavy atom. The Balaban J connectivity index is 0.000000205. The van der Waals surface area contributed by atoms with Gasteiger partial charge in [-0.25, -0.2) is 0 Å². The average molecular weight is 1120 g/mol. The predicted molar refractivity (Wildman–Crippen MR) is 321 cm³/mol. The highest BCUT2D eigenvalue weighted by Gasteiger charge is 2.24. The summed E-state index contributed by atoms with van der Waals surface area (Å²) in [6.45, 7) is 9.71. The quantitative estimate of drug-likeness (QED) is 0.117. The van der Waals surface area contributed by atoms with E-state index in [0.29, 0.717) is 13.2 Å². The molecule has 8 radical (unpaired) electrons. The van der Waals surface area contributed by atoms with Gasteiger partial charge in [0.25, 0.3) is 0 Å². The summed E-state index contributed by atoms with van der Waals surface area (Å²) in [4.78, 5) is 0. The minimum atomic E-state index is -0.593. The number of hydrogen-bond donors (Lipinski definition) is 1. The monoisotopic (exact) mass is 1120 g/mol. The van der Waals surface area contributed by atoms with Crippen LogP contribution in [0.25, 0.3) is 44.5 Å². The van der Waals surface area contributed by atoms with E-state index in [1.54, 1.807) is 7.11 Å². The summed E-state index contributed by atoms with van der Waals surface area (Å²) in [7, 11) is 21.2. The number of halogens is 3. The van der Waals surface area contributed by atoms with E-state index in [0.717, 1.165) is 65.3 Å². The molecule has 8 aromatic rings. The fraction of sp³-hybridized carbons (Fsp3) is 0.158. The molecule has 0 aliphatic carbocycles. The van der Waals surface area contributed by atoms with Gasteiger partial charge in [-0.15, -0.1) is 0 Å². The maximum atomic E-state index is 10.4. The van der Waals surface area contributed by atoms with Gasteiger partial charge >= 0.3 is 7.12 Å². The van der Waals surface area contributed by atoms with Crippen molar-refractivity contribution in [2.45, 2.75) is 40.5 Å². The van der Waals surface area contributed by atoms with Gasteiger partial charge in [0, 0.05) is 67.0 Å². The van der Waals surface area contributed by atoms with Crippen LogP contribution in [0.15, 0.2) is 208 Å². The Hall–Kier alpha value is -4.83. The molecule has 0 bridgehead atoms. The lowest BCUT2D eigenvalue weighted by atomic mass is 8.81. The molecule has 0 atom stereocenters. The number of phenols is 1. The van der Waals surface area contributed by atoms with Gasteiger partial charge in [0.2, 0.25) is 0 Å². The first kappa shape index (κ1) is 58.7. The van der Waals surface area contributed by atoms with Gasteiger partial charge in [-0.05, 0) is 144 Å². The first-order valence-corrected chi connectivity index (χ1v) is 25.8. The van der Waals surface area contributed by atoms with Crippen molar-refractivity contribution in [3.05, 3.63) is 219 Å². The molecule has 0 unspecified atom stereocenters. The normalized spacial score (nSPS) is 10.0. The number of benzene rings is 8. The van der Waals surface area contributed by atoms with Crippen LogP contribution in [-0.2, 0) is 9.31 Å². The van der Waals surface area contributed by atoms with Gasteiger partial charge in [0.15, 0.2) is 0 Å². The van der Waals surface area contributed by atoms with Crippen molar-refractivity contribution in [3.8, 4) is 56.0 Å². The Labute approximate surface area is 455 Å². The van der Waals surface area contributed by atoms with Crippen molar-refractivity contribution in [1.29, 1.82) is 0 Å². The number of aromatic hydroxyl groups is 1. The van der Waals surface area contributed by atoms with Crippen molar-refractivity contribution in [2.75, 3.05) is 20.3 Å². The van der Waals surface area contributed by atoms with Gasteiger partial charge in [-0.1, -0.05) is 194 Å². The van der Waals surface area contributed by atoms with Gasteiger partial charge in [0.1, 0.15) is 11.5 Å². The third-order valence-electron chi connectivity index (χ3n) is 10.5. The second-order valence-corrected chi connectivity index (χ2v) is 18.8. The standard InChI is InChI=1S/C19H15BrO.C18H23BO2.C12H9Br.C8H9BrO.B6/c1-13-11-17(19(21)18(20)12-13)16-10-6-5-9-15(16)14-7-3-2-4-8-14;1-3-14-20-19(21-15-4-2)18-13-9-8-12-17(18)16-10-6-5-7-11-16;13-12-9-5-4-8-11(12)10-6-2-1-3-7-10;1-6-3-4-8(10-2)7(9)5-6;1-5(2)6(3)4/h2-12,21H,1H3;5-13H,3-4,14-15H2,1-2H3;1-9H;3-5H,1-2H3;. The van der Waals surface area contributed by atoms with Crippen molar-refractivity contribution in [3.63, 3.8) is 0 Å². The third-order valence-corrected chi connectivity index (χ3v) is 12.4. The summed E-state index contributed by atoms with van der Waals surface area (Å²) in [6, 6.07) is 65.6. The molecule has 71 heavy (non-hydrogen) atoms. The fourth-order valence-electron chi connectivity index (χ4n) is 6.87. The predicted octanol–water partition coefficient (Wildman–Crippen LogP) is 14.3. The van der Waals surface area contributed by atoms with Crippen LogP contribution in [0.1, 0.15) is 37.8 Å². The zero-order valence-electron chi connectivity index (χ0n) is 41.2. The third kappa shape index (κ3) is 19.6. The molecule has 0 saturated carbocycles. The second-order valence-electron chi connectivity index (χ2n) is 16.2. The molecule has 1 N–H and O–H groups in total. The Bertz CT molecular complexity index is 2760. The largest absolute Gasteiger partial charge is 0.506 e. The highest BCUT2D eigenvalue weighted by Crippen LogP contribution is 2.41. The summed E-state index contributed by atoms with van der Waals surface area (Å²) in [6.07, 6.45) is 0.786. The first-order chi connectivity index (χ1) is 34.3. The molecule has 0 heterocycles. The van der Waals surface area contributed by atoms with Crippen LogP contribution >= 0.6 is 47.8 Å². The fourth-order valence-corrected chi connectivity index (χ4v) is 8.62. The summed E-state index contributed by atoms with van der Waals surface area (Å²) in [5.74, 6) is 1.16. The maximum Gasteiger partial charge on any atom is 0.494 e. The SMILES string of the molecule is Brc1ccccc1-c1ccccc1.CCCOB(OCCC)c1ccccc1-c1ccccc1.COc1ccc(C)cc1Br.Cc1cc(Br)c(O)c(-c2ccccc2-c2ccccc2)c1.[B]B([B])B([B])[B]. The highest BCUT2D eigenvalue weighted by molar-refractivity contribution is 9.11. The first-order valence-electron chi connectivity index (χ1n) is 23.4. The number of aryl methyl sites for hydroxylation is 2. The van der Waals surface area contributed by atoms with Gasteiger partial charge in [-0.2, -0.15) is 0 Å². The van der Waals surface area contributed by atoms with E-state index in [9.17, 15) is 5.11 Å². The summed E-state index contributed by atoms with van der Waals surface area (Å²) in [5.41, 5.74) is 12.4.